The van der Waals surface area contributed by atoms with Gasteiger partial charge in [-0.25, -0.2) is 0 Å². The lowest BCUT2D eigenvalue weighted by atomic mass is 9.67. The highest BCUT2D eigenvalue weighted by molar-refractivity contribution is 5.80. The van der Waals surface area contributed by atoms with E-state index >= 15 is 0 Å². The third-order valence-electron chi connectivity index (χ3n) is 3.56. The van der Waals surface area contributed by atoms with Crippen molar-refractivity contribution in [3.63, 3.8) is 0 Å². The molecular formula is C11H16O2. The van der Waals surface area contributed by atoms with Gasteiger partial charge in [0.2, 0.25) is 0 Å². The number of esters is 1. The lowest BCUT2D eigenvalue weighted by Gasteiger charge is -2.50. The van der Waals surface area contributed by atoms with E-state index in [-0.39, 0.29) is 17.5 Å². The lowest BCUT2D eigenvalue weighted by Crippen LogP contribution is -2.58. The van der Waals surface area contributed by atoms with Gasteiger partial charge in [-0.2, -0.15) is 0 Å². The SMILES string of the molecule is C=C(C)C1CCC2(C)OC(=O)C2C1. The average Bonchev–Trinajstić information content (AvgIpc) is 2.02. The topological polar surface area (TPSA) is 26.3 Å². The third kappa shape index (κ3) is 1.19. The number of ether oxygens (including phenoxy) is 1. The number of carbonyl (C=O) groups is 1. The number of hydrogen-bond acceptors (Lipinski definition) is 2. The minimum absolute atomic E-state index is 0.00606. The second-order valence-corrected chi connectivity index (χ2v) is 4.60. The predicted octanol–water partition coefficient (Wildman–Crippen LogP) is 2.29. The molecule has 0 aromatic carbocycles. The van der Waals surface area contributed by atoms with Gasteiger partial charge in [0.25, 0.3) is 0 Å². The molecule has 1 aliphatic carbocycles. The smallest absolute Gasteiger partial charge is 0.313 e. The molecule has 0 aromatic rings. The molecule has 2 heteroatoms. The van der Waals surface area contributed by atoms with Crippen molar-refractivity contribution in [2.45, 2.75) is 38.7 Å². The van der Waals surface area contributed by atoms with Crippen LogP contribution in [0.4, 0.5) is 0 Å². The van der Waals surface area contributed by atoms with Gasteiger partial charge in [0.05, 0.1) is 5.92 Å². The molecule has 72 valence electrons. The van der Waals surface area contributed by atoms with Gasteiger partial charge in [0, 0.05) is 0 Å². The quantitative estimate of drug-likeness (QED) is 0.457. The molecule has 2 rings (SSSR count). The number of hydrogen-bond donors (Lipinski definition) is 0. The minimum atomic E-state index is -0.136. The fourth-order valence-electron chi connectivity index (χ4n) is 2.44. The Bertz CT molecular complexity index is 269. The first-order valence-corrected chi connectivity index (χ1v) is 4.91. The lowest BCUT2D eigenvalue weighted by molar-refractivity contribution is -0.218. The van der Waals surface area contributed by atoms with Gasteiger partial charge in [0.15, 0.2) is 0 Å². The molecule has 1 saturated carbocycles. The molecule has 2 aliphatic rings. The summed E-state index contributed by atoms with van der Waals surface area (Å²) in [4.78, 5) is 11.2. The molecule has 0 N–H and O–H groups in total. The molecule has 1 aliphatic heterocycles. The Balaban J connectivity index is 2.08. The van der Waals surface area contributed by atoms with Crippen molar-refractivity contribution < 1.29 is 9.53 Å². The number of fused-ring (bicyclic) bond motifs is 1. The summed E-state index contributed by atoms with van der Waals surface area (Å²) in [5.41, 5.74) is 1.07. The second-order valence-electron chi connectivity index (χ2n) is 4.60. The van der Waals surface area contributed by atoms with Crippen LogP contribution in [-0.2, 0) is 9.53 Å². The maximum absolute atomic E-state index is 11.2. The van der Waals surface area contributed by atoms with Gasteiger partial charge in [-0.05, 0) is 39.0 Å². The summed E-state index contributed by atoms with van der Waals surface area (Å²) in [5, 5.41) is 0. The highest BCUT2D eigenvalue weighted by Crippen LogP contribution is 2.48. The molecule has 0 radical (unpaired) electrons. The first kappa shape index (κ1) is 8.79. The standard InChI is InChI=1S/C11H16O2/c1-7(2)8-4-5-11(3)9(6-8)10(12)13-11/h8-9H,1,4-6H2,2-3H3. The largest absolute Gasteiger partial charge is 0.458 e. The zero-order valence-corrected chi connectivity index (χ0v) is 8.30. The van der Waals surface area contributed by atoms with E-state index < -0.39 is 0 Å². The molecule has 0 aromatic heterocycles. The molecule has 0 amide bonds. The van der Waals surface area contributed by atoms with Gasteiger partial charge < -0.3 is 4.74 Å². The fraction of sp³-hybridized carbons (Fsp3) is 0.727. The number of allylic oxidation sites excluding steroid dienone is 1. The molecular weight excluding hydrogens is 164 g/mol. The molecule has 1 heterocycles. The van der Waals surface area contributed by atoms with Crippen molar-refractivity contribution >= 4 is 5.97 Å². The van der Waals surface area contributed by atoms with E-state index in [9.17, 15) is 4.79 Å². The first-order chi connectivity index (χ1) is 6.03. The van der Waals surface area contributed by atoms with Crippen LogP contribution in [-0.4, -0.2) is 11.6 Å². The van der Waals surface area contributed by atoms with Crippen LogP contribution in [0.1, 0.15) is 33.1 Å². The molecule has 2 nitrogen and oxygen atoms in total. The van der Waals surface area contributed by atoms with Crippen molar-refractivity contribution in [3.8, 4) is 0 Å². The maximum Gasteiger partial charge on any atom is 0.313 e. The Labute approximate surface area is 79.0 Å². The summed E-state index contributed by atoms with van der Waals surface area (Å²) in [6, 6.07) is 0. The Morgan fingerprint density at radius 1 is 1.69 bits per heavy atom. The van der Waals surface area contributed by atoms with E-state index in [2.05, 4.69) is 13.5 Å². The number of carbonyl (C=O) groups excluding carboxylic acids is 1. The van der Waals surface area contributed by atoms with E-state index in [4.69, 9.17) is 4.74 Å². The van der Waals surface area contributed by atoms with Gasteiger partial charge in [-0.15, -0.1) is 0 Å². The van der Waals surface area contributed by atoms with Crippen LogP contribution in [0.2, 0.25) is 0 Å². The van der Waals surface area contributed by atoms with Crippen LogP contribution in [0.3, 0.4) is 0 Å². The predicted molar refractivity (Wildman–Crippen MR) is 50.1 cm³/mol. The van der Waals surface area contributed by atoms with E-state index in [1.165, 1.54) is 5.57 Å². The van der Waals surface area contributed by atoms with Crippen LogP contribution in [0.25, 0.3) is 0 Å². The summed E-state index contributed by atoms with van der Waals surface area (Å²) in [6.07, 6.45) is 3.07. The highest BCUT2D eigenvalue weighted by Gasteiger charge is 2.55. The van der Waals surface area contributed by atoms with Crippen molar-refractivity contribution in [1.82, 2.24) is 0 Å². The molecule has 13 heavy (non-hydrogen) atoms. The summed E-state index contributed by atoms with van der Waals surface area (Å²) in [7, 11) is 0. The molecule has 0 spiro atoms. The van der Waals surface area contributed by atoms with Crippen LogP contribution in [0.15, 0.2) is 12.2 Å². The van der Waals surface area contributed by atoms with E-state index in [0.29, 0.717) is 5.92 Å². The Hall–Kier alpha value is -0.790. The summed E-state index contributed by atoms with van der Waals surface area (Å²) >= 11 is 0. The zero-order valence-electron chi connectivity index (χ0n) is 8.30. The summed E-state index contributed by atoms with van der Waals surface area (Å²) in [6.45, 7) is 8.06. The van der Waals surface area contributed by atoms with Crippen LogP contribution >= 0.6 is 0 Å². The van der Waals surface area contributed by atoms with Crippen LogP contribution < -0.4 is 0 Å². The van der Waals surface area contributed by atoms with Crippen molar-refractivity contribution in [1.29, 1.82) is 0 Å². The summed E-state index contributed by atoms with van der Waals surface area (Å²) < 4.78 is 5.19. The van der Waals surface area contributed by atoms with E-state index in [0.717, 1.165) is 19.3 Å². The summed E-state index contributed by atoms with van der Waals surface area (Å²) in [5.74, 6) is 0.669. The normalized spacial score (nSPS) is 43.1. The van der Waals surface area contributed by atoms with E-state index in [1.54, 1.807) is 0 Å². The van der Waals surface area contributed by atoms with Crippen LogP contribution in [0.5, 0.6) is 0 Å². The highest BCUT2D eigenvalue weighted by atomic mass is 16.6. The van der Waals surface area contributed by atoms with Crippen molar-refractivity contribution in [3.05, 3.63) is 12.2 Å². The molecule has 0 bridgehead atoms. The molecule has 1 saturated heterocycles. The molecule has 2 fully saturated rings. The second kappa shape index (κ2) is 2.60. The average molecular weight is 180 g/mol. The van der Waals surface area contributed by atoms with Gasteiger partial charge in [-0.3, -0.25) is 4.79 Å². The Kier molecular flexibility index (Phi) is 1.76. The Morgan fingerprint density at radius 2 is 2.38 bits per heavy atom. The van der Waals surface area contributed by atoms with Crippen molar-refractivity contribution in [2.75, 3.05) is 0 Å². The molecule has 3 atom stereocenters. The van der Waals surface area contributed by atoms with Gasteiger partial charge in [0.1, 0.15) is 5.60 Å². The third-order valence-corrected chi connectivity index (χ3v) is 3.56. The fourth-order valence-corrected chi connectivity index (χ4v) is 2.44. The monoisotopic (exact) mass is 180 g/mol. The van der Waals surface area contributed by atoms with E-state index in [1.807, 2.05) is 6.92 Å². The molecule has 3 unspecified atom stereocenters. The van der Waals surface area contributed by atoms with Crippen molar-refractivity contribution in [2.24, 2.45) is 11.8 Å². The zero-order chi connectivity index (χ0) is 9.64. The maximum atomic E-state index is 11.2. The first-order valence-electron chi connectivity index (χ1n) is 4.91. The van der Waals surface area contributed by atoms with Crippen LogP contribution in [0, 0.1) is 11.8 Å². The van der Waals surface area contributed by atoms with Gasteiger partial charge in [-0.1, -0.05) is 12.2 Å². The van der Waals surface area contributed by atoms with Gasteiger partial charge >= 0.3 is 5.97 Å². The number of rotatable bonds is 1. The minimum Gasteiger partial charge on any atom is -0.458 e. The Morgan fingerprint density at radius 3 is 2.92 bits per heavy atom.